The number of amides is 2. The normalized spacial score (nSPS) is 11.9. The maximum Gasteiger partial charge on any atom is 0.325 e. The van der Waals surface area contributed by atoms with Crippen LogP contribution in [-0.2, 0) is 17.9 Å². The Morgan fingerprint density at radius 1 is 1.19 bits per heavy atom. The minimum absolute atomic E-state index is 0.369. The van der Waals surface area contributed by atoms with Gasteiger partial charge < -0.3 is 15.3 Å². The second kappa shape index (κ2) is 7.24. The van der Waals surface area contributed by atoms with E-state index in [-0.39, 0.29) is 6.03 Å². The van der Waals surface area contributed by atoms with Gasteiger partial charge in [-0.25, -0.2) is 4.79 Å². The molecule has 0 spiro atoms. The largest absolute Gasteiger partial charge is 0.480 e. The number of hydrogen-bond acceptors (Lipinski definition) is 4. The first-order valence-electron chi connectivity index (χ1n) is 6.39. The molecule has 0 bridgehead atoms. The van der Waals surface area contributed by atoms with Crippen molar-refractivity contribution in [2.24, 2.45) is 0 Å². The van der Waals surface area contributed by atoms with Gasteiger partial charge in [-0.15, -0.1) is 22.7 Å². The monoisotopic (exact) mass is 324 g/mol. The van der Waals surface area contributed by atoms with Crippen molar-refractivity contribution in [3.8, 4) is 0 Å². The number of carbonyl (C=O) groups excluding carboxylic acids is 1. The van der Waals surface area contributed by atoms with Gasteiger partial charge in [-0.2, -0.15) is 0 Å². The lowest BCUT2D eigenvalue weighted by Gasteiger charge is -2.23. The first-order valence-corrected chi connectivity index (χ1v) is 8.15. The molecular formula is C14H16N2O3S2. The van der Waals surface area contributed by atoms with E-state index in [1.54, 1.807) is 27.6 Å². The van der Waals surface area contributed by atoms with E-state index in [2.05, 4.69) is 5.32 Å². The summed E-state index contributed by atoms with van der Waals surface area (Å²) >= 11 is 3.14. The summed E-state index contributed by atoms with van der Waals surface area (Å²) in [6, 6.07) is 6.50. The average molecular weight is 324 g/mol. The third-order valence-electron chi connectivity index (χ3n) is 2.85. The molecule has 1 atom stereocenters. The van der Waals surface area contributed by atoms with Crippen molar-refractivity contribution < 1.29 is 14.7 Å². The SMILES string of the molecule is CC(NC(=O)N(Cc1cccs1)Cc1cccs1)C(=O)O. The van der Waals surface area contributed by atoms with Gasteiger partial charge in [-0.1, -0.05) is 12.1 Å². The van der Waals surface area contributed by atoms with Gasteiger partial charge in [0.1, 0.15) is 6.04 Å². The van der Waals surface area contributed by atoms with Gasteiger partial charge in [0.15, 0.2) is 0 Å². The highest BCUT2D eigenvalue weighted by Gasteiger charge is 2.20. The number of aliphatic carboxylic acids is 1. The maximum absolute atomic E-state index is 12.3. The highest BCUT2D eigenvalue weighted by molar-refractivity contribution is 7.10. The minimum Gasteiger partial charge on any atom is -0.480 e. The molecule has 0 aromatic carbocycles. The van der Waals surface area contributed by atoms with Crippen LogP contribution in [0.5, 0.6) is 0 Å². The summed E-state index contributed by atoms with van der Waals surface area (Å²) in [5.41, 5.74) is 0. The Bertz CT molecular complexity index is 545. The Kier molecular flexibility index (Phi) is 5.35. The number of urea groups is 1. The predicted molar refractivity (Wildman–Crippen MR) is 83.5 cm³/mol. The van der Waals surface area contributed by atoms with E-state index in [0.717, 1.165) is 9.75 Å². The minimum atomic E-state index is -1.05. The van der Waals surface area contributed by atoms with E-state index in [9.17, 15) is 9.59 Å². The first kappa shape index (κ1) is 15.5. The van der Waals surface area contributed by atoms with Crippen LogP contribution >= 0.6 is 22.7 Å². The third-order valence-corrected chi connectivity index (χ3v) is 4.57. The van der Waals surface area contributed by atoms with Gasteiger partial charge in [0, 0.05) is 9.75 Å². The average Bonchev–Trinajstić information content (AvgIpc) is 3.10. The molecule has 5 nitrogen and oxygen atoms in total. The van der Waals surface area contributed by atoms with Gasteiger partial charge in [0.05, 0.1) is 13.1 Å². The molecule has 0 aliphatic rings. The second-order valence-corrected chi connectivity index (χ2v) is 6.59. The van der Waals surface area contributed by atoms with Crippen LogP contribution in [0, 0.1) is 0 Å². The zero-order chi connectivity index (χ0) is 15.2. The second-order valence-electron chi connectivity index (χ2n) is 4.52. The van der Waals surface area contributed by atoms with Crippen molar-refractivity contribution in [1.82, 2.24) is 10.2 Å². The fourth-order valence-electron chi connectivity index (χ4n) is 1.72. The molecule has 0 fully saturated rings. The Balaban J connectivity index is 2.06. The van der Waals surface area contributed by atoms with Crippen molar-refractivity contribution in [2.75, 3.05) is 0 Å². The highest BCUT2D eigenvalue weighted by Crippen LogP contribution is 2.17. The van der Waals surface area contributed by atoms with E-state index in [1.807, 2.05) is 35.0 Å². The molecule has 1 unspecified atom stereocenters. The standard InChI is InChI=1S/C14H16N2O3S2/c1-10(13(17)18)15-14(19)16(8-11-4-2-6-20-11)9-12-5-3-7-21-12/h2-7,10H,8-9H2,1H3,(H,15,19)(H,17,18). The molecule has 2 aromatic rings. The number of thiophene rings is 2. The van der Waals surface area contributed by atoms with Crippen LogP contribution in [0.3, 0.4) is 0 Å². The van der Waals surface area contributed by atoms with Gasteiger partial charge in [0.2, 0.25) is 0 Å². The number of carboxylic acid groups (broad SMARTS) is 1. The molecule has 0 saturated heterocycles. The number of nitrogens with zero attached hydrogens (tertiary/aromatic N) is 1. The van der Waals surface area contributed by atoms with E-state index in [0.29, 0.717) is 13.1 Å². The molecule has 2 amide bonds. The summed E-state index contributed by atoms with van der Waals surface area (Å²) in [6.07, 6.45) is 0. The molecular weight excluding hydrogens is 308 g/mol. The van der Waals surface area contributed by atoms with E-state index >= 15 is 0 Å². The zero-order valence-electron chi connectivity index (χ0n) is 11.5. The van der Waals surface area contributed by atoms with Crippen molar-refractivity contribution in [3.05, 3.63) is 44.8 Å². The van der Waals surface area contributed by atoms with Gasteiger partial charge >= 0.3 is 12.0 Å². The van der Waals surface area contributed by atoms with Crippen molar-refractivity contribution in [1.29, 1.82) is 0 Å². The molecule has 2 heterocycles. The van der Waals surface area contributed by atoms with Crippen molar-refractivity contribution in [2.45, 2.75) is 26.1 Å². The van der Waals surface area contributed by atoms with Gasteiger partial charge in [0.25, 0.3) is 0 Å². The summed E-state index contributed by atoms with van der Waals surface area (Å²) in [7, 11) is 0. The summed E-state index contributed by atoms with van der Waals surface area (Å²) in [5, 5.41) is 15.3. The van der Waals surface area contributed by atoms with Gasteiger partial charge in [-0.3, -0.25) is 4.79 Å². The Hall–Kier alpha value is -1.86. The maximum atomic E-state index is 12.3. The number of nitrogens with one attached hydrogen (secondary N) is 1. The lowest BCUT2D eigenvalue weighted by molar-refractivity contribution is -0.138. The summed E-state index contributed by atoms with van der Waals surface area (Å²) in [4.78, 5) is 26.9. The van der Waals surface area contributed by atoms with E-state index < -0.39 is 12.0 Å². The fraction of sp³-hybridized carbons (Fsp3) is 0.286. The van der Waals surface area contributed by atoms with Crippen LogP contribution in [0.1, 0.15) is 16.7 Å². The van der Waals surface area contributed by atoms with Crippen LogP contribution < -0.4 is 5.32 Å². The predicted octanol–water partition coefficient (Wildman–Crippen LogP) is 2.99. The Morgan fingerprint density at radius 3 is 2.10 bits per heavy atom. The van der Waals surface area contributed by atoms with Gasteiger partial charge in [-0.05, 0) is 29.8 Å². The highest BCUT2D eigenvalue weighted by atomic mass is 32.1. The molecule has 21 heavy (non-hydrogen) atoms. The van der Waals surface area contributed by atoms with Crippen LogP contribution in [0.2, 0.25) is 0 Å². The van der Waals surface area contributed by atoms with Crippen LogP contribution in [0.15, 0.2) is 35.0 Å². The van der Waals surface area contributed by atoms with Crippen molar-refractivity contribution in [3.63, 3.8) is 0 Å². The summed E-state index contributed by atoms with van der Waals surface area (Å²) < 4.78 is 0. The number of carboxylic acids is 1. The molecule has 0 aliphatic carbocycles. The molecule has 2 aromatic heterocycles. The number of hydrogen-bond donors (Lipinski definition) is 2. The van der Waals surface area contributed by atoms with Crippen molar-refractivity contribution >= 4 is 34.7 Å². The molecule has 0 aliphatic heterocycles. The molecule has 0 saturated carbocycles. The van der Waals surface area contributed by atoms with Crippen LogP contribution in [0.25, 0.3) is 0 Å². The molecule has 112 valence electrons. The molecule has 2 N–H and O–H groups in total. The fourth-order valence-corrected chi connectivity index (χ4v) is 3.16. The summed E-state index contributed by atoms with van der Waals surface area (Å²) in [5.74, 6) is -1.05. The number of carbonyl (C=O) groups is 2. The quantitative estimate of drug-likeness (QED) is 0.858. The van der Waals surface area contributed by atoms with E-state index in [1.165, 1.54) is 6.92 Å². The summed E-state index contributed by atoms with van der Waals surface area (Å²) in [6.45, 7) is 2.39. The van der Waals surface area contributed by atoms with Crippen LogP contribution in [0.4, 0.5) is 4.79 Å². The molecule has 2 rings (SSSR count). The van der Waals surface area contributed by atoms with Crippen LogP contribution in [-0.4, -0.2) is 28.0 Å². The number of rotatable bonds is 6. The Labute approximate surface area is 130 Å². The van der Waals surface area contributed by atoms with E-state index in [4.69, 9.17) is 5.11 Å². The molecule has 0 radical (unpaired) electrons. The molecule has 7 heteroatoms. The zero-order valence-corrected chi connectivity index (χ0v) is 13.1. The lowest BCUT2D eigenvalue weighted by atomic mass is 10.3. The lowest BCUT2D eigenvalue weighted by Crippen LogP contribution is -2.45. The first-order chi connectivity index (χ1) is 10.1. The topological polar surface area (TPSA) is 69.6 Å². The smallest absolute Gasteiger partial charge is 0.325 e. The third kappa shape index (κ3) is 4.57. The Morgan fingerprint density at radius 2 is 1.71 bits per heavy atom.